The monoisotopic (exact) mass is 282 g/mol. The van der Waals surface area contributed by atoms with E-state index in [2.05, 4.69) is 5.16 Å². The number of benzene rings is 1. The second-order valence-electron chi connectivity index (χ2n) is 4.84. The first-order valence-corrected chi connectivity index (χ1v) is 6.66. The summed E-state index contributed by atoms with van der Waals surface area (Å²) in [5.41, 5.74) is 6.42. The van der Waals surface area contributed by atoms with Crippen LogP contribution in [0.25, 0.3) is 0 Å². The fourth-order valence-corrected chi connectivity index (χ4v) is 2.19. The molecule has 1 heterocycles. The number of hydrogen-bond donors (Lipinski definition) is 2. The van der Waals surface area contributed by atoms with E-state index in [9.17, 15) is 4.39 Å². The SMILES string of the molecule is N/C(=N/O)c1cc(F)cc(COCC2CCCCO2)c1. The maximum absolute atomic E-state index is 13.4. The van der Waals surface area contributed by atoms with Crippen LogP contribution in [-0.4, -0.2) is 30.4 Å². The third kappa shape index (κ3) is 4.18. The van der Waals surface area contributed by atoms with Gasteiger partial charge in [0.2, 0.25) is 0 Å². The van der Waals surface area contributed by atoms with Crippen LogP contribution < -0.4 is 5.73 Å². The highest BCUT2D eigenvalue weighted by molar-refractivity contribution is 5.97. The van der Waals surface area contributed by atoms with Crippen molar-refractivity contribution in [2.45, 2.75) is 32.0 Å². The average molecular weight is 282 g/mol. The fourth-order valence-electron chi connectivity index (χ4n) is 2.19. The summed E-state index contributed by atoms with van der Waals surface area (Å²) in [5.74, 6) is -0.567. The first-order chi connectivity index (χ1) is 9.69. The van der Waals surface area contributed by atoms with Crippen LogP contribution in [-0.2, 0) is 16.1 Å². The van der Waals surface area contributed by atoms with Gasteiger partial charge in [0.25, 0.3) is 0 Å². The number of hydrogen-bond acceptors (Lipinski definition) is 4. The zero-order valence-corrected chi connectivity index (χ0v) is 11.2. The molecule has 1 saturated heterocycles. The zero-order valence-electron chi connectivity index (χ0n) is 11.2. The maximum Gasteiger partial charge on any atom is 0.170 e. The lowest BCUT2D eigenvalue weighted by Gasteiger charge is -2.22. The van der Waals surface area contributed by atoms with E-state index < -0.39 is 5.82 Å². The summed E-state index contributed by atoms with van der Waals surface area (Å²) < 4.78 is 24.5. The van der Waals surface area contributed by atoms with Crippen molar-refractivity contribution in [1.29, 1.82) is 0 Å². The molecule has 0 spiro atoms. The molecule has 20 heavy (non-hydrogen) atoms. The van der Waals surface area contributed by atoms with Gasteiger partial charge in [-0.1, -0.05) is 5.16 Å². The normalized spacial score (nSPS) is 20.1. The van der Waals surface area contributed by atoms with Gasteiger partial charge in [-0.05, 0) is 43.0 Å². The van der Waals surface area contributed by atoms with Crippen molar-refractivity contribution in [2.75, 3.05) is 13.2 Å². The van der Waals surface area contributed by atoms with Gasteiger partial charge in [0.1, 0.15) is 5.82 Å². The Hall–Kier alpha value is -1.66. The third-order valence-electron chi connectivity index (χ3n) is 3.21. The van der Waals surface area contributed by atoms with Crippen LogP contribution in [0.2, 0.25) is 0 Å². The molecule has 0 amide bonds. The van der Waals surface area contributed by atoms with E-state index >= 15 is 0 Å². The van der Waals surface area contributed by atoms with Gasteiger partial charge in [0, 0.05) is 12.2 Å². The second-order valence-corrected chi connectivity index (χ2v) is 4.84. The van der Waals surface area contributed by atoms with Crippen molar-refractivity contribution in [3.05, 3.63) is 35.1 Å². The standard InChI is InChI=1S/C14H19FN2O3/c15-12-6-10(5-11(7-12)14(16)17-18)8-19-9-13-3-1-2-4-20-13/h5-7,13,18H,1-4,8-9H2,(H2,16,17). The quantitative estimate of drug-likeness (QED) is 0.375. The number of nitrogens with two attached hydrogens (primary N) is 1. The van der Waals surface area contributed by atoms with Crippen molar-refractivity contribution < 1.29 is 19.1 Å². The van der Waals surface area contributed by atoms with Gasteiger partial charge in [0.05, 0.1) is 19.3 Å². The number of oxime groups is 1. The maximum atomic E-state index is 13.4. The van der Waals surface area contributed by atoms with Crippen LogP contribution in [0.4, 0.5) is 4.39 Å². The Bertz CT molecular complexity index is 473. The van der Waals surface area contributed by atoms with E-state index in [0.29, 0.717) is 17.7 Å². The van der Waals surface area contributed by atoms with Gasteiger partial charge in [0.15, 0.2) is 5.84 Å². The summed E-state index contributed by atoms with van der Waals surface area (Å²) in [7, 11) is 0. The van der Waals surface area contributed by atoms with Crippen molar-refractivity contribution in [3.8, 4) is 0 Å². The Labute approximate surface area is 117 Å². The third-order valence-corrected chi connectivity index (χ3v) is 3.21. The van der Waals surface area contributed by atoms with Gasteiger partial charge in [-0.2, -0.15) is 0 Å². The lowest BCUT2D eigenvalue weighted by molar-refractivity contribution is -0.0447. The highest BCUT2D eigenvalue weighted by Gasteiger charge is 2.14. The Morgan fingerprint density at radius 1 is 1.45 bits per heavy atom. The fraction of sp³-hybridized carbons (Fsp3) is 0.500. The number of ether oxygens (including phenoxy) is 2. The Balaban J connectivity index is 1.90. The van der Waals surface area contributed by atoms with E-state index in [1.54, 1.807) is 6.07 Å². The smallest absolute Gasteiger partial charge is 0.170 e. The summed E-state index contributed by atoms with van der Waals surface area (Å²) in [6, 6.07) is 4.22. The van der Waals surface area contributed by atoms with Gasteiger partial charge < -0.3 is 20.4 Å². The Morgan fingerprint density at radius 3 is 3.00 bits per heavy atom. The Morgan fingerprint density at radius 2 is 2.30 bits per heavy atom. The summed E-state index contributed by atoms with van der Waals surface area (Å²) in [6.45, 7) is 1.54. The molecule has 0 radical (unpaired) electrons. The predicted molar refractivity (Wildman–Crippen MR) is 72.2 cm³/mol. The van der Waals surface area contributed by atoms with Crippen LogP contribution in [0.3, 0.4) is 0 Å². The summed E-state index contributed by atoms with van der Waals surface area (Å²) in [5, 5.41) is 11.5. The minimum atomic E-state index is -0.443. The molecule has 6 heteroatoms. The first-order valence-electron chi connectivity index (χ1n) is 6.66. The van der Waals surface area contributed by atoms with Crippen LogP contribution in [0, 0.1) is 5.82 Å². The predicted octanol–water partition coefficient (Wildman–Crippen LogP) is 2.01. The molecule has 0 aromatic heterocycles. The lowest BCUT2D eigenvalue weighted by Crippen LogP contribution is -2.24. The molecule has 3 N–H and O–H groups in total. The minimum Gasteiger partial charge on any atom is -0.409 e. The van der Waals surface area contributed by atoms with E-state index in [4.69, 9.17) is 20.4 Å². The van der Waals surface area contributed by atoms with Crippen LogP contribution in [0.5, 0.6) is 0 Å². The molecule has 0 aliphatic carbocycles. The molecule has 1 fully saturated rings. The largest absolute Gasteiger partial charge is 0.409 e. The number of rotatable bonds is 5. The van der Waals surface area contributed by atoms with Crippen molar-refractivity contribution in [1.82, 2.24) is 0 Å². The molecule has 1 aromatic carbocycles. The Kier molecular flexibility index (Phi) is 5.31. The zero-order chi connectivity index (χ0) is 14.4. The first kappa shape index (κ1) is 14.7. The van der Waals surface area contributed by atoms with E-state index in [1.165, 1.54) is 12.1 Å². The number of halogens is 1. The summed E-state index contributed by atoms with van der Waals surface area (Å²) >= 11 is 0. The molecule has 1 aromatic rings. The van der Waals surface area contributed by atoms with Crippen LogP contribution >= 0.6 is 0 Å². The molecule has 2 rings (SSSR count). The molecule has 1 unspecified atom stereocenters. The molecule has 5 nitrogen and oxygen atoms in total. The van der Waals surface area contributed by atoms with Crippen LogP contribution in [0.15, 0.2) is 23.4 Å². The number of nitrogens with zero attached hydrogens (tertiary/aromatic N) is 1. The summed E-state index contributed by atoms with van der Waals surface area (Å²) in [4.78, 5) is 0. The van der Waals surface area contributed by atoms with E-state index in [0.717, 1.165) is 25.9 Å². The average Bonchev–Trinajstić information content (AvgIpc) is 2.47. The molecular formula is C14H19FN2O3. The van der Waals surface area contributed by atoms with Gasteiger partial charge in [-0.25, -0.2) is 4.39 Å². The molecule has 1 atom stereocenters. The van der Waals surface area contributed by atoms with Crippen molar-refractivity contribution in [3.63, 3.8) is 0 Å². The van der Waals surface area contributed by atoms with Crippen molar-refractivity contribution >= 4 is 5.84 Å². The highest BCUT2D eigenvalue weighted by atomic mass is 19.1. The molecule has 1 aliphatic heterocycles. The number of amidine groups is 1. The second kappa shape index (κ2) is 7.21. The van der Waals surface area contributed by atoms with Gasteiger partial charge in [-0.15, -0.1) is 0 Å². The van der Waals surface area contributed by atoms with Crippen molar-refractivity contribution in [2.24, 2.45) is 10.9 Å². The topological polar surface area (TPSA) is 77.1 Å². The van der Waals surface area contributed by atoms with Crippen LogP contribution in [0.1, 0.15) is 30.4 Å². The molecule has 0 bridgehead atoms. The molecular weight excluding hydrogens is 263 g/mol. The minimum absolute atomic E-state index is 0.124. The molecule has 1 aliphatic rings. The highest BCUT2D eigenvalue weighted by Crippen LogP contribution is 2.15. The lowest BCUT2D eigenvalue weighted by atomic mass is 10.1. The molecule has 110 valence electrons. The van der Waals surface area contributed by atoms with Gasteiger partial charge >= 0.3 is 0 Å². The van der Waals surface area contributed by atoms with Gasteiger partial charge in [-0.3, -0.25) is 0 Å². The van der Waals surface area contributed by atoms with E-state index in [-0.39, 0.29) is 18.5 Å². The molecule has 0 saturated carbocycles. The van der Waals surface area contributed by atoms with E-state index in [1.807, 2.05) is 0 Å². The summed E-state index contributed by atoms with van der Waals surface area (Å²) in [6.07, 6.45) is 3.38.